The van der Waals surface area contributed by atoms with Crippen LogP contribution in [-0.2, 0) is 25.7 Å². The molecule has 0 unspecified atom stereocenters. The molecular weight excluding hydrogens is 771 g/mol. The maximum Gasteiger partial charge on any atom is 0.139 e. The van der Waals surface area contributed by atoms with E-state index >= 15 is 0 Å². The molecule has 338 valence electrons. The van der Waals surface area contributed by atoms with Crippen molar-refractivity contribution in [3.63, 3.8) is 0 Å². The molecule has 2 aliphatic carbocycles. The summed E-state index contributed by atoms with van der Waals surface area (Å²) in [5.74, 6) is 14.8. The summed E-state index contributed by atoms with van der Waals surface area (Å²) < 4.78 is 28.9. The third kappa shape index (κ3) is 17.7. The second kappa shape index (κ2) is 28.6. The average molecular weight is 851 g/mol. The molecule has 0 aromatic heterocycles. The number of aryl methyl sites for hydroxylation is 4. The summed E-state index contributed by atoms with van der Waals surface area (Å²) >= 11 is 0. The van der Waals surface area contributed by atoms with Crippen molar-refractivity contribution in [1.29, 1.82) is 0 Å². The minimum Gasteiger partial charge on any atom is -0.206 e. The van der Waals surface area contributed by atoms with E-state index in [1.54, 1.807) is 12.1 Å². The van der Waals surface area contributed by atoms with Gasteiger partial charge in [0.2, 0.25) is 0 Å². The van der Waals surface area contributed by atoms with Crippen molar-refractivity contribution in [1.82, 2.24) is 0 Å². The summed E-state index contributed by atoms with van der Waals surface area (Å²) in [5.41, 5.74) is 9.20. The highest BCUT2D eigenvalue weighted by Crippen LogP contribution is 2.37. The van der Waals surface area contributed by atoms with Gasteiger partial charge in [0.1, 0.15) is 11.6 Å². The van der Waals surface area contributed by atoms with Crippen LogP contribution in [0.3, 0.4) is 0 Å². The Morgan fingerprint density at radius 3 is 1.05 bits per heavy atom. The summed E-state index contributed by atoms with van der Waals surface area (Å²) in [5, 5.41) is 0. The Balaban J connectivity index is 0.000000238. The standard InChI is InChI=1S/C31H41F.C30H39F/c1-3-5-7-9-10-25-12-18-28(19-13-25)29-20-14-26(15-21-29)16-22-30-23-17-27(24-31(30)32)11-8-6-4-2;1-3-5-7-9-24-11-17-27(18-12-24)28-19-13-25(14-20-28)15-21-29-22-16-26(23-30(29)31)10-8-6-4-2/h12-13,17-19,23-24,26,29H,3-11,14-15,20-21H2,1-2H3;11-12,16-18,22-23,25,28H,3-10,13-14,19-20H2,1-2H3/t26-,29-;25-,28-. The maximum absolute atomic E-state index is 14.4. The van der Waals surface area contributed by atoms with Crippen LogP contribution in [0.15, 0.2) is 84.9 Å². The predicted octanol–water partition coefficient (Wildman–Crippen LogP) is 17.6. The molecule has 2 heteroatoms. The van der Waals surface area contributed by atoms with E-state index < -0.39 is 0 Å². The second-order valence-corrected chi connectivity index (χ2v) is 18.9. The van der Waals surface area contributed by atoms with Crippen LogP contribution in [-0.4, -0.2) is 0 Å². The predicted molar refractivity (Wildman–Crippen MR) is 266 cm³/mol. The zero-order valence-electron chi connectivity index (χ0n) is 39.8. The van der Waals surface area contributed by atoms with Gasteiger partial charge in [0.25, 0.3) is 0 Å². The van der Waals surface area contributed by atoms with Gasteiger partial charge >= 0.3 is 0 Å². The molecule has 0 heterocycles. The van der Waals surface area contributed by atoms with Crippen molar-refractivity contribution in [3.05, 3.63) is 141 Å². The fourth-order valence-electron chi connectivity index (χ4n) is 9.54. The van der Waals surface area contributed by atoms with Gasteiger partial charge in [-0.3, -0.25) is 0 Å². The molecule has 0 amide bonds. The normalized spacial score (nSPS) is 18.3. The SMILES string of the molecule is CCCCCCc1ccc([C@H]2CC[C@H](C#Cc3ccc(CCCCC)cc3F)CC2)cc1.CCCCCc1ccc([C@H]2CC[C@H](C#Cc3ccc(CCCCC)cc3F)CC2)cc1. The van der Waals surface area contributed by atoms with Crippen LogP contribution in [0.2, 0.25) is 0 Å². The van der Waals surface area contributed by atoms with Gasteiger partial charge in [-0.2, -0.15) is 0 Å². The maximum atomic E-state index is 14.4. The molecule has 0 saturated heterocycles. The van der Waals surface area contributed by atoms with Crippen molar-refractivity contribution in [2.45, 2.75) is 200 Å². The van der Waals surface area contributed by atoms with Gasteiger partial charge in [0, 0.05) is 11.8 Å². The van der Waals surface area contributed by atoms with E-state index in [4.69, 9.17) is 0 Å². The van der Waals surface area contributed by atoms with Crippen molar-refractivity contribution in [3.8, 4) is 23.7 Å². The van der Waals surface area contributed by atoms with Crippen molar-refractivity contribution >= 4 is 0 Å². The molecule has 2 saturated carbocycles. The van der Waals surface area contributed by atoms with Crippen LogP contribution in [0.4, 0.5) is 8.78 Å². The Hall–Kier alpha value is -4.14. The molecule has 0 nitrogen and oxygen atoms in total. The van der Waals surface area contributed by atoms with Crippen LogP contribution in [0.25, 0.3) is 0 Å². The summed E-state index contributed by atoms with van der Waals surface area (Å²) in [4.78, 5) is 0. The summed E-state index contributed by atoms with van der Waals surface area (Å²) in [6.07, 6.45) is 29.8. The Morgan fingerprint density at radius 2 is 0.698 bits per heavy atom. The molecule has 0 bridgehead atoms. The highest BCUT2D eigenvalue weighted by atomic mass is 19.1. The molecule has 63 heavy (non-hydrogen) atoms. The first-order chi connectivity index (χ1) is 30.9. The van der Waals surface area contributed by atoms with Gasteiger partial charge in [0.05, 0.1) is 11.1 Å². The molecule has 6 rings (SSSR count). The van der Waals surface area contributed by atoms with E-state index in [-0.39, 0.29) is 11.6 Å². The Morgan fingerprint density at radius 1 is 0.381 bits per heavy atom. The van der Waals surface area contributed by atoms with E-state index in [0.29, 0.717) is 34.8 Å². The number of benzene rings is 4. The van der Waals surface area contributed by atoms with Crippen molar-refractivity contribution in [2.75, 3.05) is 0 Å². The number of unbranched alkanes of at least 4 members (excludes halogenated alkanes) is 9. The summed E-state index contributed by atoms with van der Waals surface area (Å²) in [7, 11) is 0. The largest absolute Gasteiger partial charge is 0.206 e. The van der Waals surface area contributed by atoms with Gasteiger partial charge in [0.15, 0.2) is 0 Å². The number of rotatable bonds is 19. The molecule has 0 N–H and O–H groups in total. The topological polar surface area (TPSA) is 0 Å². The fraction of sp³-hybridized carbons (Fsp3) is 0.541. The van der Waals surface area contributed by atoms with Crippen LogP contribution in [0, 0.1) is 47.2 Å². The minimum absolute atomic E-state index is 0.157. The fourth-order valence-corrected chi connectivity index (χ4v) is 9.54. The van der Waals surface area contributed by atoms with Crippen LogP contribution >= 0.6 is 0 Å². The van der Waals surface area contributed by atoms with Gasteiger partial charge < -0.3 is 0 Å². The van der Waals surface area contributed by atoms with E-state index in [1.807, 2.05) is 24.3 Å². The summed E-state index contributed by atoms with van der Waals surface area (Å²) in [6, 6.07) is 29.9. The first-order valence-electron chi connectivity index (χ1n) is 25.7. The molecule has 0 radical (unpaired) electrons. The van der Waals surface area contributed by atoms with Crippen LogP contribution in [0.5, 0.6) is 0 Å². The third-order valence-corrected chi connectivity index (χ3v) is 13.8. The van der Waals surface area contributed by atoms with Crippen LogP contribution in [0.1, 0.15) is 219 Å². The van der Waals surface area contributed by atoms with Gasteiger partial charge in [-0.05, 0) is 172 Å². The van der Waals surface area contributed by atoms with E-state index in [1.165, 1.54) is 131 Å². The van der Waals surface area contributed by atoms with E-state index in [2.05, 4.69) is 99.9 Å². The Labute approximate surface area is 383 Å². The lowest BCUT2D eigenvalue weighted by Gasteiger charge is -2.26. The van der Waals surface area contributed by atoms with E-state index in [0.717, 1.165) is 62.5 Å². The smallest absolute Gasteiger partial charge is 0.139 e. The first-order valence-corrected chi connectivity index (χ1v) is 25.7. The van der Waals surface area contributed by atoms with Gasteiger partial charge in [-0.25, -0.2) is 8.78 Å². The first kappa shape index (κ1) is 49.9. The Kier molecular flexibility index (Phi) is 22.6. The molecule has 2 aliphatic rings. The summed E-state index contributed by atoms with van der Waals surface area (Å²) in [6.45, 7) is 8.90. The molecule has 4 aromatic rings. The lowest BCUT2D eigenvalue weighted by molar-refractivity contribution is 0.384. The minimum atomic E-state index is -0.158. The lowest BCUT2D eigenvalue weighted by atomic mass is 9.78. The van der Waals surface area contributed by atoms with Crippen LogP contribution < -0.4 is 0 Å². The quantitative estimate of drug-likeness (QED) is 0.0651. The van der Waals surface area contributed by atoms with E-state index in [9.17, 15) is 8.78 Å². The molecule has 4 aromatic carbocycles. The lowest BCUT2D eigenvalue weighted by Crippen LogP contribution is -2.12. The highest BCUT2D eigenvalue weighted by molar-refractivity contribution is 5.39. The highest BCUT2D eigenvalue weighted by Gasteiger charge is 2.22. The molecule has 0 aliphatic heterocycles. The second-order valence-electron chi connectivity index (χ2n) is 18.9. The van der Waals surface area contributed by atoms with Gasteiger partial charge in [-0.1, -0.05) is 170 Å². The van der Waals surface area contributed by atoms with Crippen molar-refractivity contribution in [2.24, 2.45) is 11.8 Å². The number of hydrogen-bond acceptors (Lipinski definition) is 0. The molecule has 0 atom stereocenters. The average Bonchev–Trinajstić information content (AvgIpc) is 3.31. The zero-order chi connectivity index (χ0) is 44.5. The number of hydrogen-bond donors (Lipinski definition) is 0. The third-order valence-electron chi connectivity index (χ3n) is 13.8. The molecular formula is C61H80F2. The van der Waals surface area contributed by atoms with Crippen molar-refractivity contribution < 1.29 is 8.78 Å². The molecule has 0 spiro atoms. The van der Waals surface area contributed by atoms with Gasteiger partial charge in [-0.15, -0.1) is 0 Å². The zero-order valence-corrected chi connectivity index (χ0v) is 39.8. The number of halogens is 2. The molecule has 2 fully saturated rings. The monoisotopic (exact) mass is 851 g/mol. The Bertz CT molecular complexity index is 2000.